The average Bonchev–Trinajstić information content (AvgIpc) is 2.40. The summed E-state index contributed by atoms with van der Waals surface area (Å²) in [6, 6.07) is 5.67. The number of hydrogen-bond acceptors (Lipinski definition) is 3. The SMILES string of the molecule is CCc1nn(CC(=O)O)c(=O)c2ccc(C(C)C)cc12. The molecule has 20 heavy (non-hydrogen) atoms. The average molecular weight is 274 g/mol. The fourth-order valence-electron chi connectivity index (χ4n) is 2.23. The molecule has 0 aliphatic carbocycles. The molecule has 0 unspecified atom stereocenters. The van der Waals surface area contributed by atoms with Gasteiger partial charge in [-0.1, -0.05) is 26.8 Å². The van der Waals surface area contributed by atoms with Crippen LogP contribution in [-0.4, -0.2) is 20.9 Å². The molecule has 2 aromatic rings. The summed E-state index contributed by atoms with van der Waals surface area (Å²) in [6.07, 6.45) is 0.651. The highest BCUT2D eigenvalue weighted by molar-refractivity contribution is 5.84. The second-order valence-electron chi connectivity index (χ2n) is 5.12. The maximum absolute atomic E-state index is 12.3. The van der Waals surface area contributed by atoms with E-state index in [1.807, 2.05) is 19.1 Å². The molecular formula is C15H18N2O3. The number of nitrogens with zero attached hydrogens (tertiary/aromatic N) is 2. The van der Waals surface area contributed by atoms with E-state index >= 15 is 0 Å². The van der Waals surface area contributed by atoms with Crippen molar-refractivity contribution in [2.45, 2.75) is 39.7 Å². The Bertz CT molecular complexity index is 717. The lowest BCUT2D eigenvalue weighted by Gasteiger charge is -2.11. The molecule has 0 radical (unpaired) electrons. The second kappa shape index (κ2) is 5.45. The summed E-state index contributed by atoms with van der Waals surface area (Å²) in [5.74, 6) is -0.703. The van der Waals surface area contributed by atoms with Gasteiger partial charge in [-0.3, -0.25) is 9.59 Å². The monoisotopic (exact) mass is 274 g/mol. The van der Waals surface area contributed by atoms with E-state index in [0.29, 0.717) is 17.7 Å². The summed E-state index contributed by atoms with van der Waals surface area (Å²) in [4.78, 5) is 23.1. The van der Waals surface area contributed by atoms with Crippen LogP contribution in [0.25, 0.3) is 10.8 Å². The standard InChI is InChI=1S/C15H18N2O3/c1-4-13-12-7-10(9(2)3)5-6-11(12)15(20)17(16-13)8-14(18)19/h5-7,9H,4,8H2,1-3H3,(H,18,19). The molecule has 0 spiro atoms. The lowest BCUT2D eigenvalue weighted by Crippen LogP contribution is -2.28. The first kappa shape index (κ1) is 14.2. The Morgan fingerprint density at radius 1 is 1.35 bits per heavy atom. The minimum absolute atomic E-state index is 0.352. The summed E-state index contributed by atoms with van der Waals surface area (Å²) in [7, 11) is 0. The van der Waals surface area contributed by atoms with Gasteiger partial charge in [0.2, 0.25) is 0 Å². The van der Waals surface area contributed by atoms with Crippen molar-refractivity contribution in [2.75, 3.05) is 0 Å². The predicted molar refractivity (Wildman–Crippen MR) is 77.1 cm³/mol. The number of benzene rings is 1. The molecule has 0 bridgehead atoms. The highest BCUT2D eigenvalue weighted by Crippen LogP contribution is 2.21. The van der Waals surface area contributed by atoms with E-state index in [0.717, 1.165) is 21.3 Å². The maximum atomic E-state index is 12.3. The van der Waals surface area contributed by atoms with Crippen LogP contribution in [0, 0.1) is 0 Å². The number of fused-ring (bicyclic) bond motifs is 1. The molecule has 0 saturated heterocycles. The van der Waals surface area contributed by atoms with Gasteiger partial charge in [-0.05, 0) is 30.0 Å². The van der Waals surface area contributed by atoms with Gasteiger partial charge in [-0.25, -0.2) is 4.68 Å². The fourth-order valence-corrected chi connectivity index (χ4v) is 2.23. The first-order chi connectivity index (χ1) is 9.43. The van der Waals surface area contributed by atoms with Gasteiger partial charge in [0.25, 0.3) is 5.56 Å². The Morgan fingerprint density at radius 2 is 2.05 bits per heavy atom. The van der Waals surface area contributed by atoms with Gasteiger partial charge in [-0.15, -0.1) is 0 Å². The van der Waals surface area contributed by atoms with Crippen molar-refractivity contribution in [2.24, 2.45) is 0 Å². The number of carboxylic acids is 1. The van der Waals surface area contributed by atoms with Crippen LogP contribution in [0.3, 0.4) is 0 Å². The number of rotatable bonds is 4. The lowest BCUT2D eigenvalue weighted by molar-refractivity contribution is -0.138. The zero-order valence-corrected chi connectivity index (χ0v) is 11.9. The van der Waals surface area contributed by atoms with Gasteiger partial charge in [-0.2, -0.15) is 5.10 Å². The molecule has 0 saturated carbocycles. The van der Waals surface area contributed by atoms with Crippen LogP contribution in [0.4, 0.5) is 0 Å². The quantitative estimate of drug-likeness (QED) is 0.927. The third-order valence-electron chi connectivity index (χ3n) is 3.35. The van der Waals surface area contributed by atoms with Crippen LogP contribution in [-0.2, 0) is 17.8 Å². The highest BCUT2D eigenvalue weighted by Gasteiger charge is 2.12. The van der Waals surface area contributed by atoms with E-state index in [-0.39, 0.29) is 5.56 Å². The Balaban J connectivity index is 2.74. The van der Waals surface area contributed by atoms with Crippen molar-refractivity contribution in [3.8, 4) is 0 Å². The first-order valence-corrected chi connectivity index (χ1v) is 6.69. The minimum Gasteiger partial charge on any atom is -0.480 e. The molecule has 106 valence electrons. The molecule has 0 fully saturated rings. The Labute approximate surface area is 116 Å². The van der Waals surface area contributed by atoms with E-state index in [9.17, 15) is 9.59 Å². The molecule has 1 aromatic heterocycles. The van der Waals surface area contributed by atoms with Gasteiger partial charge < -0.3 is 5.11 Å². The van der Waals surface area contributed by atoms with Crippen LogP contribution < -0.4 is 5.56 Å². The molecule has 0 atom stereocenters. The van der Waals surface area contributed by atoms with Gasteiger partial charge in [0.1, 0.15) is 6.54 Å². The van der Waals surface area contributed by atoms with Crippen LogP contribution in [0.15, 0.2) is 23.0 Å². The molecule has 1 heterocycles. The van der Waals surface area contributed by atoms with Crippen molar-refractivity contribution >= 4 is 16.7 Å². The summed E-state index contributed by atoms with van der Waals surface area (Å²) in [6.45, 7) is 5.71. The summed E-state index contributed by atoms with van der Waals surface area (Å²) >= 11 is 0. The van der Waals surface area contributed by atoms with E-state index in [4.69, 9.17) is 5.11 Å². The third kappa shape index (κ3) is 2.57. The summed E-state index contributed by atoms with van der Waals surface area (Å²) in [5.41, 5.74) is 1.54. The van der Waals surface area contributed by atoms with Crippen LogP contribution in [0.1, 0.15) is 37.9 Å². The van der Waals surface area contributed by atoms with E-state index in [1.54, 1.807) is 6.07 Å². The van der Waals surface area contributed by atoms with Crippen molar-refractivity contribution in [3.63, 3.8) is 0 Å². The Kier molecular flexibility index (Phi) is 3.88. The molecule has 0 aliphatic heterocycles. The van der Waals surface area contributed by atoms with Gasteiger partial charge >= 0.3 is 5.97 Å². The summed E-state index contributed by atoms with van der Waals surface area (Å²) in [5, 5.41) is 14.4. The minimum atomic E-state index is -1.07. The van der Waals surface area contributed by atoms with E-state index < -0.39 is 12.5 Å². The fraction of sp³-hybridized carbons (Fsp3) is 0.400. The molecule has 0 aliphatic rings. The maximum Gasteiger partial charge on any atom is 0.325 e. The second-order valence-corrected chi connectivity index (χ2v) is 5.12. The number of aliphatic carboxylic acids is 1. The zero-order valence-electron chi connectivity index (χ0n) is 11.9. The van der Waals surface area contributed by atoms with E-state index in [2.05, 4.69) is 18.9 Å². The first-order valence-electron chi connectivity index (χ1n) is 6.69. The van der Waals surface area contributed by atoms with E-state index in [1.165, 1.54) is 0 Å². The summed E-state index contributed by atoms with van der Waals surface area (Å²) < 4.78 is 1.03. The molecule has 5 heteroatoms. The Morgan fingerprint density at radius 3 is 2.60 bits per heavy atom. The highest BCUT2D eigenvalue weighted by atomic mass is 16.4. The number of hydrogen-bond donors (Lipinski definition) is 1. The smallest absolute Gasteiger partial charge is 0.325 e. The molecule has 5 nitrogen and oxygen atoms in total. The number of aromatic nitrogens is 2. The molecule has 1 N–H and O–H groups in total. The van der Waals surface area contributed by atoms with Crippen molar-refractivity contribution < 1.29 is 9.90 Å². The number of carbonyl (C=O) groups is 1. The molecule has 2 rings (SSSR count). The molecular weight excluding hydrogens is 256 g/mol. The zero-order chi connectivity index (χ0) is 14.9. The van der Waals surface area contributed by atoms with Crippen LogP contribution in [0.5, 0.6) is 0 Å². The molecule has 0 amide bonds. The van der Waals surface area contributed by atoms with Crippen molar-refractivity contribution in [1.29, 1.82) is 0 Å². The topological polar surface area (TPSA) is 72.2 Å². The van der Waals surface area contributed by atoms with Crippen molar-refractivity contribution in [3.05, 3.63) is 39.8 Å². The van der Waals surface area contributed by atoms with Crippen LogP contribution >= 0.6 is 0 Å². The van der Waals surface area contributed by atoms with Gasteiger partial charge in [0, 0.05) is 5.39 Å². The van der Waals surface area contributed by atoms with Crippen molar-refractivity contribution in [1.82, 2.24) is 9.78 Å². The number of aryl methyl sites for hydroxylation is 1. The van der Waals surface area contributed by atoms with Gasteiger partial charge in [0.15, 0.2) is 0 Å². The largest absolute Gasteiger partial charge is 0.480 e. The Hall–Kier alpha value is -2.17. The third-order valence-corrected chi connectivity index (χ3v) is 3.35. The van der Waals surface area contributed by atoms with Gasteiger partial charge in [0.05, 0.1) is 11.1 Å². The molecule has 1 aromatic carbocycles. The lowest BCUT2D eigenvalue weighted by atomic mass is 9.99. The number of carboxylic acid groups (broad SMARTS) is 1. The normalized spacial score (nSPS) is 11.2. The van der Waals surface area contributed by atoms with Crippen LogP contribution in [0.2, 0.25) is 0 Å². The predicted octanol–water partition coefficient (Wildman–Crippen LogP) is 2.17.